The Morgan fingerprint density at radius 2 is 2.00 bits per heavy atom. The molecule has 0 bridgehead atoms. The fraction of sp³-hybridized carbons (Fsp3) is 0.190. The third kappa shape index (κ3) is 5.04. The van der Waals surface area contributed by atoms with Gasteiger partial charge in [0.25, 0.3) is 5.91 Å². The summed E-state index contributed by atoms with van der Waals surface area (Å²) in [4.78, 5) is 16.5. The van der Waals surface area contributed by atoms with Gasteiger partial charge < -0.3 is 14.2 Å². The Bertz CT molecular complexity index is 1090. The first-order chi connectivity index (χ1) is 14.5. The molecule has 2 aromatic carbocycles. The molecule has 1 N–H and O–H groups in total. The molecule has 7 nitrogen and oxygen atoms in total. The van der Waals surface area contributed by atoms with Gasteiger partial charge in [0, 0.05) is 17.0 Å². The van der Waals surface area contributed by atoms with Crippen LogP contribution >= 0.6 is 11.3 Å². The number of carbonyl (C=O) groups is 1. The maximum absolute atomic E-state index is 13.9. The van der Waals surface area contributed by atoms with Gasteiger partial charge in [-0.3, -0.25) is 10.1 Å². The number of halogens is 1. The van der Waals surface area contributed by atoms with E-state index in [-0.39, 0.29) is 12.4 Å². The monoisotopic (exact) mass is 427 g/mol. The van der Waals surface area contributed by atoms with Gasteiger partial charge in [0.05, 0.1) is 31.0 Å². The Morgan fingerprint density at radius 3 is 2.70 bits per heavy atom. The lowest BCUT2D eigenvalue weighted by molar-refractivity contribution is -0.118. The van der Waals surface area contributed by atoms with Crippen molar-refractivity contribution in [2.45, 2.75) is 6.92 Å². The van der Waals surface area contributed by atoms with Crippen LogP contribution < -0.4 is 19.5 Å². The summed E-state index contributed by atoms with van der Waals surface area (Å²) in [5, 5.41) is 13.7. The van der Waals surface area contributed by atoms with Crippen LogP contribution in [0.5, 0.6) is 17.2 Å². The molecule has 0 aliphatic carbocycles. The van der Waals surface area contributed by atoms with E-state index in [0.717, 1.165) is 0 Å². The van der Waals surface area contributed by atoms with Gasteiger partial charge in [0.2, 0.25) is 0 Å². The summed E-state index contributed by atoms with van der Waals surface area (Å²) in [6.07, 6.45) is 0. The Balaban J connectivity index is 1.63. The fourth-order valence-electron chi connectivity index (χ4n) is 2.55. The van der Waals surface area contributed by atoms with Gasteiger partial charge in [0.15, 0.2) is 34.8 Å². The van der Waals surface area contributed by atoms with E-state index in [9.17, 15) is 9.18 Å². The molecular weight excluding hydrogens is 409 g/mol. The number of aromatic nitrogens is 1. The molecule has 1 amide bonds. The van der Waals surface area contributed by atoms with E-state index >= 15 is 0 Å². The highest BCUT2D eigenvalue weighted by Crippen LogP contribution is 2.30. The number of carbonyl (C=O) groups excluding carboxylic acids is 1. The first-order valence-corrected chi connectivity index (χ1v) is 9.81. The molecule has 0 unspecified atom stereocenters. The van der Waals surface area contributed by atoms with E-state index in [1.54, 1.807) is 29.6 Å². The maximum Gasteiger partial charge on any atom is 0.264 e. The van der Waals surface area contributed by atoms with Crippen molar-refractivity contribution in [1.82, 2.24) is 4.98 Å². The quantitative estimate of drug-likeness (QED) is 0.578. The van der Waals surface area contributed by atoms with E-state index in [0.29, 0.717) is 40.1 Å². The first kappa shape index (κ1) is 21.1. The summed E-state index contributed by atoms with van der Waals surface area (Å²) in [5.41, 5.74) is 1.53. The molecule has 0 fully saturated rings. The summed E-state index contributed by atoms with van der Waals surface area (Å²) in [6, 6.07) is 11.3. The largest absolute Gasteiger partial charge is 0.494 e. The van der Waals surface area contributed by atoms with Crippen LogP contribution in [0.4, 0.5) is 9.52 Å². The number of anilines is 1. The highest BCUT2D eigenvalue weighted by atomic mass is 32.1. The van der Waals surface area contributed by atoms with Crippen molar-refractivity contribution in [1.29, 1.82) is 5.26 Å². The average Bonchev–Trinajstić information content (AvgIpc) is 3.21. The van der Waals surface area contributed by atoms with Crippen LogP contribution in [0, 0.1) is 17.1 Å². The van der Waals surface area contributed by atoms with Gasteiger partial charge in [-0.25, -0.2) is 9.37 Å². The van der Waals surface area contributed by atoms with E-state index in [4.69, 9.17) is 19.5 Å². The molecule has 9 heteroatoms. The second-order valence-electron chi connectivity index (χ2n) is 5.93. The van der Waals surface area contributed by atoms with Crippen LogP contribution in [0.1, 0.15) is 12.5 Å². The Morgan fingerprint density at radius 1 is 1.20 bits per heavy atom. The van der Waals surface area contributed by atoms with E-state index in [1.165, 1.54) is 30.6 Å². The standard InChI is InChI=1S/C21H18FN3O4S/c1-3-28-19-8-13(10-23)4-6-18(19)29-11-20(26)25-21-24-16(12-30-21)14-5-7-17(27-2)15(22)9-14/h4-9,12H,3,11H2,1-2H3,(H,24,25,26). The Hall–Kier alpha value is -3.64. The summed E-state index contributed by atoms with van der Waals surface area (Å²) in [6.45, 7) is 1.94. The second kappa shape index (κ2) is 9.71. The van der Waals surface area contributed by atoms with Crippen molar-refractivity contribution in [3.63, 3.8) is 0 Å². The van der Waals surface area contributed by atoms with Crippen molar-refractivity contribution < 1.29 is 23.4 Å². The van der Waals surface area contributed by atoms with E-state index < -0.39 is 11.7 Å². The Labute approximate surface area is 176 Å². The van der Waals surface area contributed by atoms with Crippen molar-refractivity contribution in [3.05, 3.63) is 53.2 Å². The molecule has 0 spiro atoms. The smallest absolute Gasteiger partial charge is 0.264 e. The summed E-state index contributed by atoms with van der Waals surface area (Å²) < 4.78 is 29.8. The summed E-state index contributed by atoms with van der Waals surface area (Å²) in [5.74, 6) is -0.00560. The predicted molar refractivity (Wildman–Crippen MR) is 111 cm³/mol. The van der Waals surface area contributed by atoms with Gasteiger partial charge in [-0.1, -0.05) is 0 Å². The molecule has 0 saturated heterocycles. The van der Waals surface area contributed by atoms with Crippen molar-refractivity contribution in [2.24, 2.45) is 0 Å². The SMILES string of the molecule is CCOc1cc(C#N)ccc1OCC(=O)Nc1nc(-c2ccc(OC)c(F)c2)cs1. The van der Waals surface area contributed by atoms with Crippen LogP contribution in [-0.4, -0.2) is 31.2 Å². The number of nitrogens with zero attached hydrogens (tertiary/aromatic N) is 2. The Kier molecular flexibility index (Phi) is 6.83. The topological polar surface area (TPSA) is 93.5 Å². The van der Waals surface area contributed by atoms with Crippen LogP contribution in [-0.2, 0) is 4.79 Å². The zero-order valence-corrected chi connectivity index (χ0v) is 17.1. The van der Waals surface area contributed by atoms with Crippen molar-refractivity contribution >= 4 is 22.4 Å². The average molecular weight is 427 g/mol. The lowest BCUT2D eigenvalue weighted by atomic mass is 10.1. The van der Waals surface area contributed by atoms with Gasteiger partial charge in [-0.05, 0) is 37.3 Å². The minimum absolute atomic E-state index is 0.147. The van der Waals surface area contributed by atoms with Crippen LogP contribution in [0.15, 0.2) is 41.8 Å². The van der Waals surface area contributed by atoms with Crippen LogP contribution in [0.3, 0.4) is 0 Å². The van der Waals surface area contributed by atoms with Gasteiger partial charge in [-0.2, -0.15) is 5.26 Å². The molecule has 1 heterocycles. The molecule has 0 aliphatic rings. The number of ether oxygens (including phenoxy) is 3. The number of hydrogen-bond donors (Lipinski definition) is 1. The highest BCUT2D eigenvalue weighted by molar-refractivity contribution is 7.14. The minimum atomic E-state index is -0.491. The van der Waals surface area contributed by atoms with Crippen LogP contribution in [0.25, 0.3) is 11.3 Å². The highest BCUT2D eigenvalue weighted by Gasteiger charge is 2.13. The zero-order valence-electron chi connectivity index (χ0n) is 16.3. The second-order valence-corrected chi connectivity index (χ2v) is 6.79. The normalized spacial score (nSPS) is 10.2. The molecule has 0 aliphatic heterocycles. The summed E-state index contributed by atoms with van der Waals surface area (Å²) >= 11 is 1.21. The molecule has 3 aromatic rings. The first-order valence-electron chi connectivity index (χ1n) is 8.93. The van der Waals surface area contributed by atoms with E-state index in [2.05, 4.69) is 10.3 Å². The number of thiazole rings is 1. The number of methoxy groups -OCH3 is 1. The molecule has 0 radical (unpaired) electrons. The third-order valence-corrected chi connectivity index (χ3v) is 4.69. The molecule has 154 valence electrons. The number of amides is 1. The van der Waals surface area contributed by atoms with Crippen molar-refractivity contribution in [3.8, 4) is 34.6 Å². The molecule has 0 atom stereocenters. The molecule has 1 aromatic heterocycles. The third-order valence-electron chi connectivity index (χ3n) is 3.93. The molecule has 0 saturated carbocycles. The molecule has 3 rings (SSSR count). The number of nitrogens with one attached hydrogen (secondary N) is 1. The zero-order chi connectivity index (χ0) is 21.5. The van der Waals surface area contributed by atoms with Gasteiger partial charge >= 0.3 is 0 Å². The molecular formula is C21H18FN3O4S. The van der Waals surface area contributed by atoms with Crippen molar-refractivity contribution in [2.75, 3.05) is 25.6 Å². The molecule has 30 heavy (non-hydrogen) atoms. The van der Waals surface area contributed by atoms with Gasteiger partial charge in [-0.15, -0.1) is 11.3 Å². The number of nitriles is 1. The number of hydrogen-bond acceptors (Lipinski definition) is 7. The predicted octanol–water partition coefficient (Wildman–Crippen LogP) is 4.25. The number of benzene rings is 2. The summed E-state index contributed by atoms with van der Waals surface area (Å²) in [7, 11) is 1.39. The van der Waals surface area contributed by atoms with E-state index in [1.807, 2.05) is 13.0 Å². The van der Waals surface area contributed by atoms with Crippen LogP contribution in [0.2, 0.25) is 0 Å². The lowest BCUT2D eigenvalue weighted by Gasteiger charge is -2.11. The minimum Gasteiger partial charge on any atom is -0.494 e. The number of rotatable bonds is 8. The lowest BCUT2D eigenvalue weighted by Crippen LogP contribution is -2.20. The van der Waals surface area contributed by atoms with Gasteiger partial charge in [0.1, 0.15) is 0 Å². The fourth-order valence-corrected chi connectivity index (χ4v) is 3.29. The maximum atomic E-state index is 13.9.